The zero-order valence-corrected chi connectivity index (χ0v) is 12.2. The van der Waals surface area contributed by atoms with Crippen molar-refractivity contribution in [1.29, 1.82) is 0 Å². The van der Waals surface area contributed by atoms with Crippen LogP contribution in [0, 0.1) is 29.1 Å². The van der Waals surface area contributed by atoms with Crippen LogP contribution in [0.15, 0.2) is 0 Å². The van der Waals surface area contributed by atoms with Gasteiger partial charge < -0.3 is 9.84 Å². The third-order valence-corrected chi connectivity index (χ3v) is 5.80. The van der Waals surface area contributed by atoms with Crippen LogP contribution in [0.25, 0.3) is 0 Å². The van der Waals surface area contributed by atoms with Crippen LogP contribution in [0.3, 0.4) is 0 Å². The third-order valence-electron chi connectivity index (χ3n) is 5.80. The molecule has 2 rings (SSSR count). The highest BCUT2D eigenvalue weighted by Crippen LogP contribution is 2.61. The van der Waals surface area contributed by atoms with E-state index in [2.05, 4.69) is 12.8 Å². The number of carbonyl (C=O) groups is 1. The van der Waals surface area contributed by atoms with Crippen molar-refractivity contribution >= 4 is 5.97 Å². The summed E-state index contributed by atoms with van der Waals surface area (Å²) in [5.41, 5.74) is -2.00. The number of hydrogen-bond acceptors (Lipinski definition) is 3. The van der Waals surface area contributed by atoms with Crippen molar-refractivity contribution in [3.63, 3.8) is 0 Å². The van der Waals surface area contributed by atoms with E-state index in [1.165, 1.54) is 7.11 Å². The fraction of sp³-hybridized carbons (Fsp3) is 0.812. The van der Waals surface area contributed by atoms with Crippen molar-refractivity contribution in [3.05, 3.63) is 0 Å². The van der Waals surface area contributed by atoms with Gasteiger partial charge in [-0.1, -0.05) is 19.3 Å². The molecule has 2 saturated carbocycles. The number of terminal acetylenes is 1. The number of methoxy groups -OCH3 is 1. The van der Waals surface area contributed by atoms with Gasteiger partial charge in [0.15, 0.2) is 0 Å². The number of fused-ring (bicyclic) bond motifs is 1. The van der Waals surface area contributed by atoms with E-state index in [-0.39, 0.29) is 17.3 Å². The van der Waals surface area contributed by atoms with E-state index >= 15 is 0 Å². The number of rotatable bonds is 1. The van der Waals surface area contributed by atoms with Crippen molar-refractivity contribution in [2.24, 2.45) is 16.7 Å². The fourth-order valence-electron chi connectivity index (χ4n) is 4.57. The molecule has 0 aromatic carbocycles. The van der Waals surface area contributed by atoms with Crippen molar-refractivity contribution in [3.8, 4) is 12.3 Å². The van der Waals surface area contributed by atoms with Crippen LogP contribution in [-0.4, -0.2) is 23.8 Å². The van der Waals surface area contributed by atoms with Crippen molar-refractivity contribution < 1.29 is 14.6 Å². The Balaban J connectivity index is 2.46. The molecule has 106 valence electrons. The molecule has 0 heterocycles. The Kier molecular flexibility index (Phi) is 3.43. The first-order chi connectivity index (χ1) is 8.84. The molecular formula is C16H24O3. The predicted molar refractivity (Wildman–Crippen MR) is 73.2 cm³/mol. The third kappa shape index (κ3) is 1.80. The highest BCUT2D eigenvalue weighted by molar-refractivity contribution is 5.77. The van der Waals surface area contributed by atoms with Crippen LogP contribution in [-0.2, 0) is 9.53 Å². The minimum atomic E-state index is -1.09. The van der Waals surface area contributed by atoms with Gasteiger partial charge in [0.05, 0.1) is 12.5 Å². The lowest BCUT2D eigenvalue weighted by atomic mass is 9.46. The Bertz CT molecular complexity index is 424. The highest BCUT2D eigenvalue weighted by Gasteiger charge is 2.62. The largest absolute Gasteiger partial charge is 0.469 e. The summed E-state index contributed by atoms with van der Waals surface area (Å²) in [4.78, 5) is 12.2. The van der Waals surface area contributed by atoms with Crippen molar-refractivity contribution in [1.82, 2.24) is 0 Å². The minimum absolute atomic E-state index is 0.0935. The maximum atomic E-state index is 12.2. The summed E-state index contributed by atoms with van der Waals surface area (Å²) in [6.45, 7) is 4.03. The molecule has 0 amide bonds. The predicted octanol–water partition coefficient (Wildman–Crippen LogP) is 2.52. The summed E-state index contributed by atoms with van der Waals surface area (Å²) in [7, 11) is 1.44. The van der Waals surface area contributed by atoms with Gasteiger partial charge in [0, 0.05) is 5.41 Å². The van der Waals surface area contributed by atoms with Crippen LogP contribution < -0.4 is 0 Å². The quantitative estimate of drug-likeness (QED) is 0.585. The van der Waals surface area contributed by atoms with Crippen LogP contribution >= 0.6 is 0 Å². The van der Waals surface area contributed by atoms with Gasteiger partial charge in [-0.2, -0.15) is 0 Å². The molecule has 3 heteroatoms. The van der Waals surface area contributed by atoms with Crippen molar-refractivity contribution in [2.75, 3.05) is 7.11 Å². The molecule has 1 N–H and O–H groups in total. The second kappa shape index (κ2) is 4.52. The average Bonchev–Trinajstić information content (AvgIpc) is 2.40. The Labute approximate surface area is 115 Å². The molecule has 3 nitrogen and oxygen atoms in total. The number of aliphatic hydroxyl groups is 1. The molecule has 0 aromatic rings. The Hall–Kier alpha value is -1.01. The Morgan fingerprint density at radius 3 is 2.58 bits per heavy atom. The smallest absolute Gasteiger partial charge is 0.311 e. The van der Waals surface area contributed by atoms with Gasteiger partial charge in [-0.3, -0.25) is 4.79 Å². The molecule has 2 fully saturated rings. The number of ether oxygens (including phenoxy) is 1. The molecule has 0 saturated heterocycles. The fourth-order valence-corrected chi connectivity index (χ4v) is 4.57. The van der Waals surface area contributed by atoms with Crippen LogP contribution in [0.1, 0.15) is 52.4 Å². The first kappa shape index (κ1) is 14.4. The van der Waals surface area contributed by atoms with Gasteiger partial charge in [0.2, 0.25) is 0 Å². The van der Waals surface area contributed by atoms with E-state index < -0.39 is 11.0 Å². The Morgan fingerprint density at radius 1 is 1.32 bits per heavy atom. The monoisotopic (exact) mass is 264 g/mol. The number of carbonyl (C=O) groups excluding carboxylic acids is 1. The van der Waals surface area contributed by atoms with Gasteiger partial charge in [0.25, 0.3) is 0 Å². The maximum Gasteiger partial charge on any atom is 0.311 e. The van der Waals surface area contributed by atoms with Gasteiger partial charge >= 0.3 is 5.97 Å². The zero-order valence-electron chi connectivity index (χ0n) is 12.2. The lowest BCUT2D eigenvalue weighted by Gasteiger charge is -2.58. The highest BCUT2D eigenvalue weighted by atomic mass is 16.5. The molecule has 0 spiro atoms. The van der Waals surface area contributed by atoms with Gasteiger partial charge in [-0.05, 0) is 44.9 Å². The second-order valence-electron chi connectivity index (χ2n) is 6.63. The van der Waals surface area contributed by atoms with E-state index in [0.717, 1.165) is 32.1 Å². The molecule has 2 aliphatic carbocycles. The van der Waals surface area contributed by atoms with E-state index in [9.17, 15) is 9.90 Å². The van der Waals surface area contributed by atoms with Crippen molar-refractivity contribution in [2.45, 2.75) is 58.0 Å². The van der Waals surface area contributed by atoms with Crippen LogP contribution in [0.2, 0.25) is 0 Å². The van der Waals surface area contributed by atoms with Gasteiger partial charge in [-0.15, -0.1) is 6.42 Å². The zero-order chi connectivity index (χ0) is 14.3. The second-order valence-corrected chi connectivity index (χ2v) is 6.63. The maximum absolute atomic E-state index is 12.2. The lowest BCUT2D eigenvalue weighted by molar-refractivity contribution is -0.185. The molecule has 4 atom stereocenters. The summed E-state index contributed by atoms with van der Waals surface area (Å²) in [5, 5.41) is 10.8. The first-order valence-electron chi connectivity index (χ1n) is 7.13. The summed E-state index contributed by atoms with van der Waals surface area (Å²) in [5.74, 6) is 2.55. The molecule has 0 aliphatic heterocycles. The molecular weight excluding hydrogens is 240 g/mol. The molecule has 0 bridgehead atoms. The molecule has 2 aliphatic rings. The first-order valence-corrected chi connectivity index (χ1v) is 7.13. The van der Waals surface area contributed by atoms with E-state index in [4.69, 9.17) is 11.2 Å². The summed E-state index contributed by atoms with van der Waals surface area (Å²) < 4.78 is 5.02. The molecule has 19 heavy (non-hydrogen) atoms. The normalized spacial score (nSPS) is 45.9. The summed E-state index contributed by atoms with van der Waals surface area (Å²) in [6, 6.07) is 0. The molecule has 0 radical (unpaired) electrons. The summed E-state index contributed by atoms with van der Waals surface area (Å²) >= 11 is 0. The Morgan fingerprint density at radius 2 is 2.00 bits per heavy atom. The standard InChI is InChI=1S/C16H24O3/c1-5-16(18)11-6-8-12-14(2,13(17)19-4)9-7-10-15(12,16)3/h1,12,18H,6-11H2,2-4H3. The van der Waals surface area contributed by atoms with E-state index in [1.54, 1.807) is 0 Å². The van der Waals surface area contributed by atoms with E-state index in [0.29, 0.717) is 6.42 Å². The average molecular weight is 264 g/mol. The van der Waals surface area contributed by atoms with Crippen LogP contribution in [0.5, 0.6) is 0 Å². The lowest BCUT2D eigenvalue weighted by Crippen LogP contribution is -2.60. The minimum Gasteiger partial charge on any atom is -0.469 e. The van der Waals surface area contributed by atoms with E-state index in [1.807, 2.05) is 6.92 Å². The number of hydrogen-bond donors (Lipinski definition) is 1. The number of esters is 1. The SMILES string of the molecule is C#CC1(O)CCCC2C(C)(C(=O)OC)CCCC21C. The summed E-state index contributed by atoms with van der Waals surface area (Å²) in [6.07, 6.45) is 10.7. The van der Waals surface area contributed by atoms with Gasteiger partial charge in [0.1, 0.15) is 5.60 Å². The molecule has 4 unspecified atom stereocenters. The van der Waals surface area contributed by atoms with Crippen LogP contribution in [0.4, 0.5) is 0 Å². The van der Waals surface area contributed by atoms with Gasteiger partial charge in [-0.25, -0.2) is 0 Å². The molecule has 0 aromatic heterocycles. The topological polar surface area (TPSA) is 46.5 Å².